The Hall–Kier alpha value is -2.20. The number of carboxylic acids is 1. The number of hydrogen-bond acceptors (Lipinski definition) is 8. The fraction of sp³-hybridized carbons (Fsp3) is 0.714. The van der Waals surface area contributed by atoms with Crippen molar-refractivity contribution < 1.29 is 43.9 Å². The van der Waals surface area contributed by atoms with Gasteiger partial charge in [0.25, 0.3) is 0 Å². The normalized spacial score (nSPS) is 24.1. The van der Waals surface area contributed by atoms with Crippen molar-refractivity contribution in [1.29, 1.82) is 0 Å². The highest BCUT2D eigenvalue weighted by Gasteiger charge is 2.44. The molecular weight excluding hydrogens is 480 g/mol. The molecule has 37 heavy (non-hydrogen) atoms. The number of fused-ring (bicyclic) bond motifs is 2. The van der Waals surface area contributed by atoms with Gasteiger partial charge in [0.05, 0.1) is 45.1 Å². The quantitative estimate of drug-likeness (QED) is 0.221. The van der Waals surface area contributed by atoms with E-state index < -0.39 is 18.0 Å². The van der Waals surface area contributed by atoms with Gasteiger partial charge in [0.2, 0.25) is 0 Å². The monoisotopic (exact) mass is 522 g/mol. The van der Waals surface area contributed by atoms with Gasteiger partial charge in [-0.3, -0.25) is 4.79 Å². The zero-order chi connectivity index (χ0) is 26.8. The number of aliphatic hydroxyl groups excluding tert-OH is 2. The molecule has 9 heteroatoms. The van der Waals surface area contributed by atoms with Crippen LogP contribution in [0.4, 0.5) is 0 Å². The van der Waals surface area contributed by atoms with Crippen molar-refractivity contribution in [3.63, 3.8) is 0 Å². The molecule has 1 saturated carbocycles. The first kappa shape index (κ1) is 29.4. The van der Waals surface area contributed by atoms with Gasteiger partial charge in [-0.2, -0.15) is 0 Å². The molecule has 1 aromatic rings. The van der Waals surface area contributed by atoms with E-state index in [4.69, 9.17) is 24.1 Å². The predicted molar refractivity (Wildman–Crippen MR) is 135 cm³/mol. The van der Waals surface area contributed by atoms with Gasteiger partial charge in [0.1, 0.15) is 11.9 Å². The Balaban J connectivity index is 1.43. The van der Waals surface area contributed by atoms with E-state index in [0.29, 0.717) is 17.6 Å². The number of esters is 1. The van der Waals surface area contributed by atoms with E-state index in [0.717, 1.165) is 44.1 Å². The molecule has 2 unspecified atom stereocenters. The van der Waals surface area contributed by atoms with E-state index >= 15 is 0 Å². The van der Waals surface area contributed by atoms with Crippen LogP contribution in [-0.2, 0) is 36.6 Å². The van der Waals surface area contributed by atoms with Crippen molar-refractivity contribution in [2.75, 3.05) is 33.0 Å². The molecule has 0 radical (unpaired) electrons. The van der Waals surface area contributed by atoms with Crippen LogP contribution in [0, 0.1) is 17.8 Å². The smallest absolute Gasteiger partial charge is 0.344 e. The van der Waals surface area contributed by atoms with Crippen molar-refractivity contribution in [3.8, 4) is 5.75 Å². The van der Waals surface area contributed by atoms with Gasteiger partial charge >= 0.3 is 11.9 Å². The molecule has 2 aliphatic rings. The average Bonchev–Trinajstić information content (AvgIpc) is 3.17. The molecule has 2 aliphatic carbocycles. The largest absolute Gasteiger partial charge is 0.482 e. The molecule has 0 aliphatic heterocycles. The van der Waals surface area contributed by atoms with Crippen LogP contribution in [0.15, 0.2) is 18.2 Å². The van der Waals surface area contributed by atoms with Crippen molar-refractivity contribution in [2.24, 2.45) is 17.8 Å². The molecule has 0 aromatic heterocycles. The Labute approximate surface area is 219 Å². The minimum atomic E-state index is -0.908. The van der Waals surface area contributed by atoms with Crippen LogP contribution in [0.1, 0.15) is 57.1 Å². The number of carbonyl (C=O) groups is 2. The summed E-state index contributed by atoms with van der Waals surface area (Å²) in [5.41, 5.74) is 2.31. The minimum absolute atomic E-state index is 0.0492. The molecule has 3 rings (SSSR count). The van der Waals surface area contributed by atoms with Gasteiger partial charge in [-0.15, -0.1) is 0 Å². The van der Waals surface area contributed by atoms with Gasteiger partial charge in [-0.1, -0.05) is 19.1 Å². The predicted octanol–water partition coefficient (Wildman–Crippen LogP) is 2.77. The van der Waals surface area contributed by atoms with E-state index in [2.05, 4.69) is 6.07 Å². The zero-order valence-electron chi connectivity index (χ0n) is 22.0. The fourth-order valence-electron chi connectivity index (χ4n) is 5.59. The number of carbonyl (C=O) groups excluding carboxylic acids is 1. The Kier molecular flexibility index (Phi) is 11.6. The van der Waals surface area contributed by atoms with Crippen molar-refractivity contribution >= 4 is 11.9 Å². The number of benzene rings is 1. The highest BCUT2D eigenvalue weighted by Crippen LogP contribution is 2.48. The van der Waals surface area contributed by atoms with Crippen molar-refractivity contribution in [3.05, 3.63) is 29.3 Å². The summed E-state index contributed by atoms with van der Waals surface area (Å²) in [5.74, 6) is 0.275. The summed E-state index contributed by atoms with van der Waals surface area (Å²) in [4.78, 5) is 22.7. The SMILES string of the molecule is CCC(O)CC[C@@H]1[C@H]2Cc3cccc(OCC(=O)OC(C)COCCOCCC(=O)O)c3C[C@H]2C[C@H]1O. The molecule has 1 aromatic carbocycles. The molecule has 0 heterocycles. The maximum Gasteiger partial charge on any atom is 0.344 e. The number of aliphatic carboxylic acids is 1. The fourth-order valence-corrected chi connectivity index (χ4v) is 5.59. The first-order valence-electron chi connectivity index (χ1n) is 13.4. The second-order valence-electron chi connectivity index (χ2n) is 10.3. The lowest BCUT2D eigenvalue weighted by Crippen LogP contribution is -2.28. The van der Waals surface area contributed by atoms with Crippen LogP contribution in [0.2, 0.25) is 0 Å². The van der Waals surface area contributed by atoms with Gasteiger partial charge in [0.15, 0.2) is 6.61 Å². The summed E-state index contributed by atoms with van der Waals surface area (Å²) in [6, 6.07) is 5.92. The molecular formula is C28H42O9. The summed E-state index contributed by atoms with van der Waals surface area (Å²) in [6.07, 6.45) is 3.60. The molecule has 1 fully saturated rings. The Morgan fingerprint density at radius 1 is 1.14 bits per heavy atom. The zero-order valence-corrected chi connectivity index (χ0v) is 22.0. The molecule has 6 atom stereocenters. The highest BCUT2D eigenvalue weighted by atomic mass is 16.6. The standard InChI is InChI=1S/C28H42O9/c1-3-21(29)7-8-22-23-13-19-5-4-6-26(24(19)14-20(23)15-25(22)30)36-17-28(33)37-18(2)16-35-12-11-34-10-9-27(31)32/h4-6,18,20-23,25,29-30H,3,7-17H2,1-2H3,(H,31,32)/t18?,20-,21?,22+,23-,25+/m0/s1. The first-order chi connectivity index (χ1) is 17.8. The van der Waals surface area contributed by atoms with Crippen LogP contribution in [0.5, 0.6) is 5.75 Å². The minimum Gasteiger partial charge on any atom is -0.482 e. The van der Waals surface area contributed by atoms with E-state index in [-0.39, 0.29) is 57.6 Å². The van der Waals surface area contributed by atoms with Crippen LogP contribution >= 0.6 is 0 Å². The summed E-state index contributed by atoms with van der Waals surface area (Å²) < 4.78 is 21.8. The number of rotatable bonds is 16. The Bertz CT molecular complexity index is 873. The number of aliphatic hydroxyl groups is 2. The van der Waals surface area contributed by atoms with Gasteiger partial charge in [-0.25, -0.2) is 4.79 Å². The number of carboxylic acid groups (broad SMARTS) is 1. The van der Waals surface area contributed by atoms with Crippen LogP contribution in [0.3, 0.4) is 0 Å². The second kappa shape index (κ2) is 14.7. The van der Waals surface area contributed by atoms with Gasteiger partial charge in [-0.05, 0) is 80.4 Å². The van der Waals surface area contributed by atoms with E-state index in [1.165, 1.54) is 5.56 Å². The Morgan fingerprint density at radius 3 is 2.68 bits per heavy atom. The molecule has 208 valence electrons. The van der Waals surface area contributed by atoms with Gasteiger partial charge in [0, 0.05) is 0 Å². The third-order valence-corrected chi connectivity index (χ3v) is 7.51. The summed E-state index contributed by atoms with van der Waals surface area (Å²) in [6.45, 7) is 4.40. The third-order valence-electron chi connectivity index (χ3n) is 7.51. The lowest BCUT2D eigenvalue weighted by Gasteiger charge is -2.32. The van der Waals surface area contributed by atoms with Crippen molar-refractivity contribution in [1.82, 2.24) is 0 Å². The van der Waals surface area contributed by atoms with E-state index in [9.17, 15) is 19.8 Å². The second-order valence-corrected chi connectivity index (χ2v) is 10.3. The van der Waals surface area contributed by atoms with Crippen LogP contribution in [0.25, 0.3) is 0 Å². The topological polar surface area (TPSA) is 132 Å². The third kappa shape index (κ3) is 8.95. The van der Waals surface area contributed by atoms with Gasteiger partial charge < -0.3 is 34.3 Å². The maximum atomic E-state index is 12.3. The summed E-state index contributed by atoms with van der Waals surface area (Å²) in [5, 5.41) is 29.3. The van der Waals surface area contributed by atoms with Crippen LogP contribution in [-0.4, -0.2) is 78.6 Å². The lowest BCUT2D eigenvalue weighted by atomic mass is 9.73. The average molecular weight is 523 g/mol. The first-order valence-corrected chi connectivity index (χ1v) is 13.4. The van der Waals surface area contributed by atoms with Crippen molar-refractivity contribution in [2.45, 2.75) is 77.1 Å². The van der Waals surface area contributed by atoms with E-state index in [1.54, 1.807) is 6.92 Å². The van der Waals surface area contributed by atoms with Crippen LogP contribution < -0.4 is 4.74 Å². The molecule has 0 amide bonds. The molecule has 0 bridgehead atoms. The summed E-state index contributed by atoms with van der Waals surface area (Å²) >= 11 is 0. The highest BCUT2D eigenvalue weighted by molar-refractivity contribution is 5.71. The lowest BCUT2D eigenvalue weighted by molar-refractivity contribution is -0.153. The summed E-state index contributed by atoms with van der Waals surface area (Å²) in [7, 11) is 0. The molecule has 3 N–H and O–H groups in total. The maximum absolute atomic E-state index is 12.3. The Morgan fingerprint density at radius 2 is 1.92 bits per heavy atom. The van der Waals surface area contributed by atoms with E-state index in [1.807, 2.05) is 19.1 Å². The number of ether oxygens (including phenoxy) is 4. The number of hydrogen-bond donors (Lipinski definition) is 3. The molecule has 0 spiro atoms. The molecule has 9 nitrogen and oxygen atoms in total. The molecule has 0 saturated heterocycles.